The fourth-order valence-corrected chi connectivity index (χ4v) is 6.54. The maximum atomic E-state index is 5.90. The fraction of sp³-hybridized carbons (Fsp3) is 0. The first-order chi connectivity index (χ1) is 24.2. The first-order valence-corrected chi connectivity index (χ1v) is 15.9. The normalized spacial score (nSPS) is 11.7. The van der Waals surface area contributed by atoms with Gasteiger partial charge in [-0.1, -0.05) is 36.4 Å². The summed E-state index contributed by atoms with van der Waals surface area (Å²) >= 11 is 0. The molecule has 0 aliphatic rings. The molecule has 0 bridgehead atoms. The summed E-state index contributed by atoms with van der Waals surface area (Å²) in [5.74, 6) is 1.11. The van der Waals surface area contributed by atoms with Gasteiger partial charge in [0.2, 0.25) is 23.2 Å². The zero-order valence-corrected chi connectivity index (χ0v) is 25.9. The Labute approximate surface area is 279 Å². The monoisotopic (exact) mass is 632 g/mol. The van der Waals surface area contributed by atoms with Crippen molar-refractivity contribution in [3.8, 4) is 50.8 Å². The molecule has 0 amide bonds. The first-order valence-electron chi connectivity index (χ1n) is 15.9. The average molecular weight is 633 g/mol. The van der Waals surface area contributed by atoms with Crippen molar-refractivity contribution < 1.29 is 8.83 Å². The van der Waals surface area contributed by atoms with Gasteiger partial charge < -0.3 is 13.4 Å². The Kier molecular flexibility index (Phi) is 6.01. The van der Waals surface area contributed by atoms with E-state index in [1.165, 1.54) is 0 Å². The van der Waals surface area contributed by atoms with Gasteiger partial charge >= 0.3 is 0 Å². The topological polar surface area (TPSA) is 95.7 Å². The third-order valence-electron chi connectivity index (χ3n) is 8.93. The van der Waals surface area contributed by atoms with Crippen LogP contribution in [0.1, 0.15) is 0 Å². The molecule has 8 heteroatoms. The van der Waals surface area contributed by atoms with Crippen LogP contribution in [0.25, 0.3) is 95.1 Å². The van der Waals surface area contributed by atoms with Crippen molar-refractivity contribution in [2.75, 3.05) is 0 Å². The van der Waals surface area contributed by atoms with Crippen molar-refractivity contribution in [1.29, 1.82) is 0 Å². The van der Waals surface area contributed by atoms with E-state index < -0.39 is 0 Å². The second kappa shape index (κ2) is 10.8. The van der Waals surface area contributed by atoms with Crippen molar-refractivity contribution in [2.24, 2.45) is 0 Å². The molecule has 6 heterocycles. The third-order valence-corrected chi connectivity index (χ3v) is 8.93. The van der Waals surface area contributed by atoms with Gasteiger partial charge in [0.15, 0.2) is 0 Å². The molecule has 0 radical (unpaired) electrons. The van der Waals surface area contributed by atoms with Gasteiger partial charge in [-0.15, -0.1) is 0 Å². The molecule has 230 valence electrons. The molecule has 49 heavy (non-hydrogen) atoms. The number of hydrogen-bond donors (Lipinski definition) is 0. The van der Waals surface area contributed by atoms with Crippen molar-refractivity contribution in [3.63, 3.8) is 0 Å². The molecule has 10 rings (SSSR count). The van der Waals surface area contributed by atoms with E-state index in [0.29, 0.717) is 23.2 Å². The van der Waals surface area contributed by atoms with Crippen LogP contribution in [0.5, 0.6) is 0 Å². The lowest BCUT2D eigenvalue weighted by Crippen LogP contribution is -1.94. The molecule has 0 aliphatic carbocycles. The van der Waals surface area contributed by atoms with Gasteiger partial charge in [-0.2, -0.15) is 0 Å². The van der Waals surface area contributed by atoms with Crippen LogP contribution >= 0.6 is 0 Å². The maximum absolute atomic E-state index is 5.90. The summed E-state index contributed by atoms with van der Waals surface area (Å²) in [6.07, 6.45) is 7.12. The molecule has 8 nitrogen and oxygen atoms in total. The Morgan fingerprint density at radius 1 is 0.449 bits per heavy atom. The highest BCUT2D eigenvalue weighted by Crippen LogP contribution is 2.38. The van der Waals surface area contributed by atoms with E-state index in [2.05, 4.69) is 96.2 Å². The lowest BCUT2D eigenvalue weighted by molar-refractivity contribution is 0.607. The summed E-state index contributed by atoms with van der Waals surface area (Å²) in [6, 6.07) is 41.5. The highest BCUT2D eigenvalue weighted by atomic mass is 16.4. The van der Waals surface area contributed by atoms with Crippen LogP contribution in [0.15, 0.2) is 155 Å². The van der Waals surface area contributed by atoms with Crippen LogP contribution in [0.2, 0.25) is 0 Å². The lowest BCUT2D eigenvalue weighted by atomic mass is 9.99. The standard InChI is InChI=1S/C41H24N6O2/c1-4-31(24-42-19-1)47-36-17-15-29(25-7-11-27(12-8-25)38-45-34-5-2-20-43-40(34)48-38)22-32(36)33-23-30(16-18-37(33)47)26-9-13-28(14-10-26)39-46-35-6-3-21-44-41(35)49-39/h1-24H. The second-order valence-electron chi connectivity index (χ2n) is 11.9. The molecule has 0 aliphatic heterocycles. The zero-order chi connectivity index (χ0) is 32.3. The summed E-state index contributed by atoms with van der Waals surface area (Å²) in [5.41, 5.74) is 12.0. The third kappa shape index (κ3) is 4.57. The zero-order valence-electron chi connectivity index (χ0n) is 25.9. The van der Waals surface area contributed by atoms with E-state index in [0.717, 1.165) is 71.9 Å². The number of oxazole rings is 2. The quantitative estimate of drug-likeness (QED) is 0.186. The first kappa shape index (κ1) is 27.2. The molecule has 0 saturated carbocycles. The summed E-state index contributed by atoms with van der Waals surface area (Å²) < 4.78 is 14.1. The predicted octanol–water partition coefficient (Wildman–Crippen LogP) is 9.92. The van der Waals surface area contributed by atoms with Crippen molar-refractivity contribution >= 4 is 44.3 Å². The Morgan fingerprint density at radius 3 is 1.39 bits per heavy atom. The van der Waals surface area contributed by atoms with E-state index in [-0.39, 0.29) is 0 Å². The van der Waals surface area contributed by atoms with Gasteiger partial charge in [0.05, 0.1) is 22.9 Å². The molecule has 0 atom stereocenters. The molecule has 10 aromatic rings. The van der Waals surface area contributed by atoms with Gasteiger partial charge in [-0.25, -0.2) is 19.9 Å². The largest absolute Gasteiger partial charge is 0.418 e. The highest BCUT2D eigenvalue weighted by molar-refractivity contribution is 6.11. The smallest absolute Gasteiger partial charge is 0.247 e. The Balaban J connectivity index is 1.06. The summed E-state index contributed by atoms with van der Waals surface area (Å²) in [4.78, 5) is 22.2. The molecular weight excluding hydrogens is 608 g/mol. The number of aromatic nitrogens is 6. The number of benzene rings is 4. The Hall–Kier alpha value is -6.93. The van der Waals surface area contributed by atoms with Gasteiger partial charge in [-0.3, -0.25) is 4.98 Å². The minimum Gasteiger partial charge on any atom is -0.418 e. The van der Waals surface area contributed by atoms with E-state index in [1.807, 2.05) is 60.8 Å². The van der Waals surface area contributed by atoms with Crippen molar-refractivity contribution in [3.05, 3.63) is 146 Å². The molecule has 4 aromatic carbocycles. The van der Waals surface area contributed by atoms with Crippen LogP contribution in [0.3, 0.4) is 0 Å². The lowest BCUT2D eigenvalue weighted by Gasteiger charge is -2.08. The van der Waals surface area contributed by atoms with Crippen molar-refractivity contribution in [2.45, 2.75) is 0 Å². The molecule has 0 unspecified atom stereocenters. The van der Waals surface area contributed by atoms with E-state index >= 15 is 0 Å². The predicted molar refractivity (Wildman–Crippen MR) is 191 cm³/mol. The number of hydrogen-bond acceptors (Lipinski definition) is 7. The summed E-state index contributed by atoms with van der Waals surface area (Å²) in [6.45, 7) is 0. The molecule has 0 saturated heterocycles. The summed E-state index contributed by atoms with van der Waals surface area (Å²) in [5, 5.41) is 2.31. The minimum absolute atomic E-state index is 0.535. The Bertz CT molecular complexity index is 2580. The number of pyridine rings is 3. The SMILES string of the molecule is c1cncc(-n2c3ccc(-c4ccc(-c5nc6cccnc6o5)cc4)cc3c3cc(-c4ccc(-c5nc6cccnc6o5)cc4)ccc32)c1. The molecule has 6 aromatic heterocycles. The average Bonchev–Trinajstić information content (AvgIpc) is 3.89. The molecular formula is C41H24N6O2. The molecule has 0 spiro atoms. The van der Waals surface area contributed by atoms with Crippen LogP contribution < -0.4 is 0 Å². The minimum atomic E-state index is 0.535. The number of rotatable bonds is 5. The number of fused-ring (bicyclic) bond motifs is 5. The van der Waals surface area contributed by atoms with Crippen LogP contribution in [-0.2, 0) is 0 Å². The fourth-order valence-electron chi connectivity index (χ4n) is 6.54. The highest BCUT2D eigenvalue weighted by Gasteiger charge is 2.16. The van der Waals surface area contributed by atoms with Crippen LogP contribution in [0, 0.1) is 0 Å². The maximum Gasteiger partial charge on any atom is 0.247 e. The van der Waals surface area contributed by atoms with Gasteiger partial charge in [0.25, 0.3) is 0 Å². The molecule has 0 fully saturated rings. The number of nitrogens with zero attached hydrogens (tertiary/aromatic N) is 6. The van der Waals surface area contributed by atoms with Crippen molar-refractivity contribution in [1.82, 2.24) is 29.5 Å². The van der Waals surface area contributed by atoms with Crippen LogP contribution in [0.4, 0.5) is 0 Å². The van der Waals surface area contributed by atoms with Gasteiger partial charge in [0.1, 0.15) is 11.0 Å². The van der Waals surface area contributed by atoms with Gasteiger partial charge in [0, 0.05) is 40.5 Å². The van der Waals surface area contributed by atoms with E-state index in [9.17, 15) is 0 Å². The molecule has 0 N–H and O–H groups in total. The summed E-state index contributed by atoms with van der Waals surface area (Å²) in [7, 11) is 0. The van der Waals surface area contributed by atoms with Gasteiger partial charge in [-0.05, 0) is 107 Å². The van der Waals surface area contributed by atoms with Crippen LogP contribution in [-0.4, -0.2) is 29.5 Å². The Morgan fingerprint density at radius 2 is 0.918 bits per heavy atom. The van der Waals surface area contributed by atoms with E-state index in [1.54, 1.807) is 18.6 Å². The second-order valence-corrected chi connectivity index (χ2v) is 11.9. The van der Waals surface area contributed by atoms with E-state index in [4.69, 9.17) is 8.83 Å².